The highest BCUT2D eigenvalue weighted by atomic mass is 32.1. The second-order valence-electron chi connectivity index (χ2n) is 4.32. The molecule has 108 valence electrons. The summed E-state index contributed by atoms with van der Waals surface area (Å²) in [5.41, 5.74) is 0.850. The predicted molar refractivity (Wildman–Crippen MR) is 79.6 cm³/mol. The Kier molecular flexibility index (Phi) is 5.31. The Morgan fingerprint density at radius 1 is 1.45 bits per heavy atom. The molecule has 5 nitrogen and oxygen atoms in total. The molecule has 0 unspecified atom stereocenters. The van der Waals surface area contributed by atoms with Gasteiger partial charge in [-0.05, 0) is 25.0 Å². The number of ether oxygens (including phenoxy) is 1. The standard InChI is InChI=1S/C14H19N3O2S/c1-3-11-12(13(18)15-7-6-10-19-2)20-14(16-11)17-8-4-5-9-17/h4-5,8-9H,3,6-7,10H2,1-2H3,(H,15,18). The first-order valence-corrected chi connectivity index (χ1v) is 7.48. The maximum atomic E-state index is 12.2. The van der Waals surface area contributed by atoms with Crippen molar-refractivity contribution in [3.63, 3.8) is 0 Å². The number of aryl methyl sites for hydroxylation is 1. The van der Waals surface area contributed by atoms with Gasteiger partial charge in [-0.1, -0.05) is 18.3 Å². The molecule has 2 rings (SSSR count). The normalized spacial score (nSPS) is 10.7. The molecule has 0 saturated heterocycles. The van der Waals surface area contributed by atoms with E-state index in [0.29, 0.717) is 18.0 Å². The van der Waals surface area contributed by atoms with Gasteiger partial charge in [0.25, 0.3) is 5.91 Å². The SMILES string of the molecule is CCc1nc(-n2cccc2)sc1C(=O)NCCCOC. The molecule has 2 aromatic heterocycles. The fraction of sp³-hybridized carbons (Fsp3) is 0.429. The lowest BCUT2D eigenvalue weighted by Crippen LogP contribution is -2.25. The molecule has 0 aliphatic rings. The largest absolute Gasteiger partial charge is 0.385 e. The average Bonchev–Trinajstić information content (AvgIpc) is 3.11. The number of hydrogen-bond donors (Lipinski definition) is 1. The van der Waals surface area contributed by atoms with Gasteiger partial charge < -0.3 is 14.6 Å². The Labute approximate surface area is 122 Å². The van der Waals surface area contributed by atoms with Gasteiger partial charge in [-0.3, -0.25) is 4.79 Å². The molecule has 0 aliphatic carbocycles. The lowest BCUT2D eigenvalue weighted by molar-refractivity contribution is 0.0951. The molecule has 0 aromatic carbocycles. The van der Waals surface area contributed by atoms with Crippen LogP contribution in [-0.4, -0.2) is 35.7 Å². The summed E-state index contributed by atoms with van der Waals surface area (Å²) in [4.78, 5) is 17.4. The lowest BCUT2D eigenvalue weighted by atomic mass is 10.3. The second-order valence-corrected chi connectivity index (χ2v) is 5.30. The van der Waals surface area contributed by atoms with Crippen molar-refractivity contribution in [2.45, 2.75) is 19.8 Å². The van der Waals surface area contributed by atoms with Crippen molar-refractivity contribution in [2.75, 3.05) is 20.3 Å². The van der Waals surface area contributed by atoms with Crippen LogP contribution in [0.5, 0.6) is 0 Å². The molecule has 0 saturated carbocycles. The summed E-state index contributed by atoms with van der Waals surface area (Å²) in [5, 5.41) is 3.74. The van der Waals surface area contributed by atoms with Gasteiger partial charge in [0, 0.05) is 32.7 Å². The van der Waals surface area contributed by atoms with Crippen LogP contribution in [0.1, 0.15) is 28.7 Å². The topological polar surface area (TPSA) is 56.2 Å². The number of nitrogens with zero attached hydrogens (tertiary/aromatic N) is 2. The highest BCUT2D eigenvalue weighted by molar-refractivity contribution is 7.16. The van der Waals surface area contributed by atoms with E-state index in [2.05, 4.69) is 10.3 Å². The minimum Gasteiger partial charge on any atom is -0.385 e. The summed E-state index contributed by atoms with van der Waals surface area (Å²) in [6, 6.07) is 3.88. The van der Waals surface area contributed by atoms with Gasteiger partial charge in [0.15, 0.2) is 5.13 Å². The Bertz CT molecular complexity index is 549. The molecule has 0 radical (unpaired) electrons. The van der Waals surface area contributed by atoms with E-state index in [-0.39, 0.29) is 5.91 Å². The van der Waals surface area contributed by atoms with Crippen molar-refractivity contribution >= 4 is 17.2 Å². The molecule has 0 spiro atoms. The molecule has 1 N–H and O–H groups in total. The van der Waals surface area contributed by atoms with Crippen LogP contribution in [0.4, 0.5) is 0 Å². The van der Waals surface area contributed by atoms with Gasteiger partial charge in [0.2, 0.25) is 0 Å². The van der Waals surface area contributed by atoms with E-state index < -0.39 is 0 Å². The molecular formula is C14H19N3O2S. The van der Waals surface area contributed by atoms with Gasteiger partial charge in [-0.25, -0.2) is 4.98 Å². The fourth-order valence-corrected chi connectivity index (χ4v) is 2.87. The zero-order valence-corrected chi connectivity index (χ0v) is 12.6. The van der Waals surface area contributed by atoms with E-state index in [9.17, 15) is 4.79 Å². The summed E-state index contributed by atoms with van der Waals surface area (Å²) in [7, 11) is 1.66. The maximum absolute atomic E-state index is 12.2. The van der Waals surface area contributed by atoms with E-state index in [1.54, 1.807) is 7.11 Å². The third-order valence-electron chi connectivity index (χ3n) is 2.86. The number of hydrogen-bond acceptors (Lipinski definition) is 4. The fourth-order valence-electron chi connectivity index (χ4n) is 1.83. The van der Waals surface area contributed by atoms with Crippen LogP contribution in [0, 0.1) is 0 Å². The van der Waals surface area contributed by atoms with E-state index in [0.717, 1.165) is 23.7 Å². The summed E-state index contributed by atoms with van der Waals surface area (Å²) in [6.07, 6.45) is 5.42. The lowest BCUT2D eigenvalue weighted by Gasteiger charge is -2.03. The Morgan fingerprint density at radius 2 is 2.20 bits per heavy atom. The van der Waals surface area contributed by atoms with E-state index in [1.165, 1.54) is 11.3 Å². The first-order chi connectivity index (χ1) is 9.76. The van der Waals surface area contributed by atoms with Crippen molar-refractivity contribution in [3.05, 3.63) is 35.1 Å². The van der Waals surface area contributed by atoms with Crippen molar-refractivity contribution < 1.29 is 9.53 Å². The van der Waals surface area contributed by atoms with Gasteiger partial charge >= 0.3 is 0 Å². The van der Waals surface area contributed by atoms with Crippen LogP contribution < -0.4 is 5.32 Å². The molecule has 0 fully saturated rings. The van der Waals surface area contributed by atoms with Crippen LogP contribution in [0.3, 0.4) is 0 Å². The molecule has 0 aliphatic heterocycles. The highest BCUT2D eigenvalue weighted by Crippen LogP contribution is 2.22. The molecule has 20 heavy (non-hydrogen) atoms. The summed E-state index contributed by atoms with van der Waals surface area (Å²) in [5.74, 6) is -0.0474. The zero-order valence-electron chi connectivity index (χ0n) is 11.8. The quantitative estimate of drug-likeness (QED) is 0.797. The number of carbonyl (C=O) groups excluding carboxylic acids is 1. The van der Waals surface area contributed by atoms with Crippen LogP contribution in [0.25, 0.3) is 5.13 Å². The van der Waals surface area contributed by atoms with E-state index in [1.807, 2.05) is 36.0 Å². The van der Waals surface area contributed by atoms with Crippen LogP contribution >= 0.6 is 11.3 Å². The number of amides is 1. The maximum Gasteiger partial charge on any atom is 0.263 e. The zero-order chi connectivity index (χ0) is 14.4. The number of rotatable bonds is 7. The summed E-state index contributed by atoms with van der Waals surface area (Å²) >= 11 is 1.42. The molecule has 6 heteroatoms. The number of aromatic nitrogens is 2. The Morgan fingerprint density at radius 3 is 2.85 bits per heavy atom. The number of carbonyl (C=O) groups is 1. The van der Waals surface area contributed by atoms with Crippen molar-refractivity contribution in [3.8, 4) is 5.13 Å². The Balaban J connectivity index is 2.08. The van der Waals surface area contributed by atoms with E-state index >= 15 is 0 Å². The van der Waals surface area contributed by atoms with Crippen LogP contribution in [0.15, 0.2) is 24.5 Å². The van der Waals surface area contributed by atoms with Crippen molar-refractivity contribution in [1.29, 1.82) is 0 Å². The predicted octanol–water partition coefficient (Wildman–Crippen LogP) is 2.26. The molecule has 0 atom stereocenters. The molecule has 2 heterocycles. The molecule has 0 bridgehead atoms. The minimum atomic E-state index is -0.0474. The van der Waals surface area contributed by atoms with Gasteiger partial charge in [0.1, 0.15) is 4.88 Å². The summed E-state index contributed by atoms with van der Waals surface area (Å²) < 4.78 is 6.89. The first kappa shape index (κ1) is 14.7. The van der Waals surface area contributed by atoms with Crippen molar-refractivity contribution in [2.24, 2.45) is 0 Å². The molecule has 2 aromatic rings. The van der Waals surface area contributed by atoms with Crippen LogP contribution in [-0.2, 0) is 11.2 Å². The second kappa shape index (κ2) is 7.21. The minimum absolute atomic E-state index is 0.0474. The van der Waals surface area contributed by atoms with Crippen molar-refractivity contribution in [1.82, 2.24) is 14.9 Å². The highest BCUT2D eigenvalue weighted by Gasteiger charge is 2.17. The number of methoxy groups -OCH3 is 1. The van der Waals surface area contributed by atoms with Gasteiger partial charge in [0.05, 0.1) is 5.69 Å². The molecular weight excluding hydrogens is 274 g/mol. The third kappa shape index (κ3) is 3.46. The number of nitrogens with one attached hydrogen (secondary N) is 1. The number of thiazole rings is 1. The average molecular weight is 293 g/mol. The third-order valence-corrected chi connectivity index (χ3v) is 3.97. The monoisotopic (exact) mass is 293 g/mol. The smallest absolute Gasteiger partial charge is 0.263 e. The summed E-state index contributed by atoms with van der Waals surface area (Å²) in [6.45, 7) is 3.28. The molecule has 1 amide bonds. The van der Waals surface area contributed by atoms with Gasteiger partial charge in [-0.15, -0.1) is 0 Å². The first-order valence-electron chi connectivity index (χ1n) is 6.66. The van der Waals surface area contributed by atoms with E-state index in [4.69, 9.17) is 4.74 Å². The Hall–Kier alpha value is -1.66. The van der Waals surface area contributed by atoms with Gasteiger partial charge in [-0.2, -0.15) is 0 Å². The van der Waals surface area contributed by atoms with Crippen LogP contribution in [0.2, 0.25) is 0 Å².